The fourth-order valence-corrected chi connectivity index (χ4v) is 1.50. The molecule has 0 radical (unpaired) electrons. The van der Waals surface area contributed by atoms with Crippen molar-refractivity contribution in [2.24, 2.45) is 5.73 Å². The molecule has 1 aromatic carbocycles. The molecule has 1 aliphatic heterocycles. The Morgan fingerprint density at radius 3 is 2.81 bits per heavy atom. The maximum absolute atomic E-state index is 11.1. The number of hydrogen-bond donors (Lipinski definition) is 3. The molecule has 1 aromatic rings. The first-order valence-electron chi connectivity index (χ1n) is 4.60. The third-order valence-electron chi connectivity index (χ3n) is 2.21. The number of anilines is 2. The van der Waals surface area contributed by atoms with Crippen LogP contribution in [0.15, 0.2) is 18.2 Å². The van der Waals surface area contributed by atoms with Crippen LogP contribution in [0, 0.1) is 0 Å². The Morgan fingerprint density at radius 2 is 2.12 bits per heavy atom. The van der Waals surface area contributed by atoms with Crippen LogP contribution in [0.25, 0.3) is 0 Å². The Bertz CT molecular complexity index is 496. The first kappa shape index (κ1) is 10.2. The molecule has 2 rings (SSSR count). The number of nitrogens with one attached hydrogen (secondary N) is 2. The van der Waals surface area contributed by atoms with Crippen molar-refractivity contribution < 1.29 is 14.4 Å². The minimum absolute atomic E-state index is 0.0895. The van der Waals surface area contributed by atoms with Gasteiger partial charge in [0.2, 0.25) is 5.91 Å². The van der Waals surface area contributed by atoms with Gasteiger partial charge in [0, 0.05) is 11.4 Å². The third-order valence-corrected chi connectivity index (χ3v) is 2.21. The van der Waals surface area contributed by atoms with Crippen LogP contribution >= 0.6 is 0 Å². The number of carbonyl (C=O) groups excluding carboxylic acids is 3. The molecule has 0 saturated carbocycles. The van der Waals surface area contributed by atoms with Crippen LogP contribution in [-0.4, -0.2) is 17.7 Å². The Labute approximate surface area is 90.8 Å². The second-order valence-electron chi connectivity index (χ2n) is 3.42. The van der Waals surface area contributed by atoms with E-state index in [2.05, 4.69) is 10.6 Å². The Balaban J connectivity index is 2.20. The molecule has 0 atom stereocenters. The molecule has 1 aliphatic rings. The summed E-state index contributed by atoms with van der Waals surface area (Å²) in [5, 5.41) is 4.99. The quantitative estimate of drug-likeness (QED) is 0.560. The molecule has 0 bridgehead atoms. The van der Waals surface area contributed by atoms with E-state index in [1.807, 2.05) is 0 Å². The van der Waals surface area contributed by atoms with Gasteiger partial charge >= 0.3 is 11.8 Å². The second-order valence-corrected chi connectivity index (χ2v) is 3.42. The summed E-state index contributed by atoms with van der Waals surface area (Å²) in [5.41, 5.74) is 6.75. The van der Waals surface area contributed by atoms with Gasteiger partial charge in [-0.1, -0.05) is 0 Å². The summed E-state index contributed by atoms with van der Waals surface area (Å²) < 4.78 is 0. The normalized spacial score (nSPS) is 12.9. The number of benzene rings is 1. The van der Waals surface area contributed by atoms with Crippen LogP contribution in [0.3, 0.4) is 0 Å². The lowest BCUT2D eigenvalue weighted by Gasteiger charge is -2.04. The topological polar surface area (TPSA) is 101 Å². The average molecular weight is 219 g/mol. The highest BCUT2D eigenvalue weighted by atomic mass is 16.2. The lowest BCUT2D eigenvalue weighted by Crippen LogP contribution is -2.29. The molecule has 0 fully saturated rings. The molecule has 0 aliphatic carbocycles. The van der Waals surface area contributed by atoms with Gasteiger partial charge in [0.05, 0.1) is 6.42 Å². The summed E-state index contributed by atoms with van der Waals surface area (Å²) in [4.78, 5) is 32.6. The molecule has 3 amide bonds. The van der Waals surface area contributed by atoms with E-state index in [1.54, 1.807) is 18.2 Å². The molecule has 0 saturated heterocycles. The van der Waals surface area contributed by atoms with Gasteiger partial charge in [-0.05, 0) is 23.8 Å². The number of primary amides is 1. The van der Waals surface area contributed by atoms with E-state index < -0.39 is 11.8 Å². The summed E-state index contributed by atoms with van der Waals surface area (Å²) in [6.45, 7) is 0. The molecular weight excluding hydrogens is 210 g/mol. The maximum Gasteiger partial charge on any atom is 0.313 e. The van der Waals surface area contributed by atoms with Crippen molar-refractivity contribution in [1.29, 1.82) is 0 Å². The van der Waals surface area contributed by atoms with Gasteiger partial charge in [0.15, 0.2) is 0 Å². The zero-order valence-corrected chi connectivity index (χ0v) is 8.24. The predicted octanol–water partition coefficient (Wildman–Crippen LogP) is -0.395. The highest BCUT2D eigenvalue weighted by Crippen LogP contribution is 2.25. The highest BCUT2D eigenvalue weighted by Gasteiger charge is 2.18. The highest BCUT2D eigenvalue weighted by molar-refractivity contribution is 6.39. The summed E-state index contributed by atoms with van der Waals surface area (Å²) in [7, 11) is 0. The molecule has 0 aromatic heterocycles. The van der Waals surface area contributed by atoms with Crippen molar-refractivity contribution in [3.8, 4) is 0 Å². The van der Waals surface area contributed by atoms with Crippen LogP contribution in [0.4, 0.5) is 11.4 Å². The predicted molar refractivity (Wildman–Crippen MR) is 56.6 cm³/mol. The number of hydrogen-bond acceptors (Lipinski definition) is 3. The summed E-state index contributed by atoms with van der Waals surface area (Å²) in [6, 6.07) is 4.89. The molecular formula is C10H9N3O3. The monoisotopic (exact) mass is 219 g/mol. The summed E-state index contributed by atoms with van der Waals surface area (Å²) in [6.07, 6.45) is 0.273. The molecule has 6 nitrogen and oxygen atoms in total. The summed E-state index contributed by atoms with van der Waals surface area (Å²) in [5.74, 6) is -2.01. The Kier molecular flexibility index (Phi) is 2.32. The first-order valence-corrected chi connectivity index (χ1v) is 4.60. The van der Waals surface area contributed by atoms with Crippen molar-refractivity contribution in [2.45, 2.75) is 6.42 Å². The standard InChI is InChI=1S/C10H9N3O3/c11-9(15)10(16)12-6-1-2-7-5(3-6)4-8(14)13-7/h1-3H,4H2,(H2,11,15)(H,12,16)(H,13,14). The fourth-order valence-electron chi connectivity index (χ4n) is 1.50. The van der Waals surface area contributed by atoms with E-state index in [1.165, 1.54) is 0 Å². The Morgan fingerprint density at radius 1 is 1.38 bits per heavy atom. The average Bonchev–Trinajstić information content (AvgIpc) is 2.57. The molecule has 16 heavy (non-hydrogen) atoms. The van der Waals surface area contributed by atoms with Crippen molar-refractivity contribution in [1.82, 2.24) is 0 Å². The van der Waals surface area contributed by atoms with Crippen molar-refractivity contribution in [3.05, 3.63) is 23.8 Å². The van der Waals surface area contributed by atoms with E-state index in [-0.39, 0.29) is 12.3 Å². The molecule has 82 valence electrons. The smallest absolute Gasteiger partial charge is 0.313 e. The Hall–Kier alpha value is -2.37. The zero-order valence-electron chi connectivity index (χ0n) is 8.24. The minimum Gasteiger partial charge on any atom is -0.361 e. The van der Waals surface area contributed by atoms with E-state index >= 15 is 0 Å². The van der Waals surface area contributed by atoms with Gasteiger partial charge in [-0.15, -0.1) is 0 Å². The fraction of sp³-hybridized carbons (Fsp3) is 0.100. The van der Waals surface area contributed by atoms with Gasteiger partial charge in [0.25, 0.3) is 0 Å². The van der Waals surface area contributed by atoms with Gasteiger partial charge in [0.1, 0.15) is 0 Å². The number of fused-ring (bicyclic) bond motifs is 1. The number of rotatable bonds is 1. The second kappa shape index (κ2) is 3.65. The lowest BCUT2D eigenvalue weighted by molar-refractivity contribution is -0.134. The van der Waals surface area contributed by atoms with Crippen molar-refractivity contribution in [2.75, 3.05) is 10.6 Å². The first-order chi connectivity index (χ1) is 7.56. The largest absolute Gasteiger partial charge is 0.361 e. The van der Waals surface area contributed by atoms with Crippen LogP contribution in [0.1, 0.15) is 5.56 Å². The summed E-state index contributed by atoms with van der Waals surface area (Å²) >= 11 is 0. The van der Waals surface area contributed by atoms with Crippen molar-refractivity contribution in [3.63, 3.8) is 0 Å². The molecule has 0 unspecified atom stereocenters. The minimum atomic E-state index is -1.05. The SMILES string of the molecule is NC(=O)C(=O)Nc1ccc2c(c1)CC(=O)N2. The van der Waals surface area contributed by atoms with Crippen LogP contribution in [0.2, 0.25) is 0 Å². The zero-order chi connectivity index (χ0) is 11.7. The van der Waals surface area contributed by atoms with Gasteiger partial charge in [-0.25, -0.2) is 0 Å². The van der Waals surface area contributed by atoms with Crippen LogP contribution in [-0.2, 0) is 20.8 Å². The van der Waals surface area contributed by atoms with E-state index in [9.17, 15) is 14.4 Å². The number of amides is 3. The van der Waals surface area contributed by atoms with E-state index in [0.29, 0.717) is 5.69 Å². The molecule has 1 heterocycles. The lowest BCUT2D eigenvalue weighted by atomic mass is 10.1. The van der Waals surface area contributed by atoms with Crippen molar-refractivity contribution >= 4 is 29.1 Å². The van der Waals surface area contributed by atoms with Gasteiger partial charge < -0.3 is 16.4 Å². The van der Waals surface area contributed by atoms with Crippen LogP contribution < -0.4 is 16.4 Å². The molecule has 6 heteroatoms. The molecule has 0 spiro atoms. The van der Waals surface area contributed by atoms with Gasteiger partial charge in [-0.2, -0.15) is 0 Å². The maximum atomic E-state index is 11.1. The number of carbonyl (C=O) groups is 3. The van der Waals surface area contributed by atoms with E-state index in [4.69, 9.17) is 5.73 Å². The molecule has 4 N–H and O–H groups in total. The third kappa shape index (κ3) is 1.85. The van der Waals surface area contributed by atoms with Crippen LogP contribution in [0.5, 0.6) is 0 Å². The van der Waals surface area contributed by atoms with E-state index in [0.717, 1.165) is 11.3 Å². The van der Waals surface area contributed by atoms with Gasteiger partial charge in [-0.3, -0.25) is 14.4 Å². The number of nitrogens with two attached hydrogens (primary N) is 1.